The van der Waals surface area contributed by atoms with Crippen LogP contribution in [0, 0.1) is 0 Å². The lowest BCUT2D eigenvalue weighted by atomic mass is 9.76. The van der Waals surface area contributed by atoms with Crippen molar-refractivity contribution in [3.05, 3.63) is 58.7 Å². The smallest absolute Gasteiger partial charge is 0.207 e. The fraction of sp³-hybridized carbons (Fsp3) is 0.625. The third-order valence-electron chi connectivity index (χ3n) is 9.09. The monoisotopic (exact) mass is 498 g/mol. The van der Waals surface area contributed by atoms with Gasteiger partial charge in [0.25, 0.3) is 0 Å². The van der Waals surface area contributed by atoms with Crippen molar-refractivity contribution in [2.45, 2.75) is 140 Å². The molecule has 0 aliphatic heterocycles. The second kappa shape index (κ2) is 10.0. The van der Waals surface area contributed by atoms with Gasteiger partial charge in [0.05, 0.1) is 9.79 Å². The van der Waals surface area contributed by atoms with Crippen molar-refractivity contribution in [1.29, 1.82) is 0 Å². The molecule has 0 radical (unpaired) electrons. The van der Waals surface area contributed by atoms with Gasteiger partial charge in [-0.25, -0.2) is 8.42 Å². The molecule has 2 aromatic carbocycles. The molecule has 2 aromatic rings. The highest BCUT2D eigenvalue weighted by Gasteiger charge is 2.35. The molecule has 2 nitrogen and oxygen atoms in total. The third kappa shape index (κ3) is 5.71. The molecule has 0 aliphatic carbocycles. The molecule has 0 heterocycles. The van der Waals surface area contributed by atoms with Crippen LogP contribution in [0.25, 0.3) is 0 Å². The Balaban J connectivity index is 2.93. The van der Waals surface area contributed by atoms with E-state index in [0.29, 0.717) is 9.79 Å². The Bertz CT molecular complexity index is 1060. The summed E-state index contributed by atoms with van der Waals surface area (Å²) in [5, 5.41) is 0. The maximum absolute atomic E-state index is 14.5. The molecule has 0 bridgehead atoms. The van der Waals surface area contributed by atoms with E-state index in [-0.39, 0.29) is 21.7 Å². The minimum Gasteiger partial charge on any atom is -0.218 e. The van der Waals surface area contributed by atoms with Crippen LogP contribution in [0.5, 0.6) is 0 Å². The van der Waals surface area contributed by atoms with Gasteiger partial charge in [0, 0.05) is 0 Å². The van der Waals surface area contributed by atoms with Crippen LogP contribution < -0.4 is 0 Å². The van der Waals surface area contributed by atoms with Crippen molar-refractivity contribution in [1.82, 2.24) is 0 Å². The molecule has 0 spiro atoms. The van der Waals surface area contributed by atoms with Gasteiger partial charge >= 0.3 is 0 Å². The molecule has 0 amide bonds. The zero-order chi connectivity index (χ0) is 27.0. The van der Waals surface area contributed by atoms with Crippen LogP contribution >= 0.6 is 0 Å². The molecule has 196 valence electrons. The first kappa shape index (κ1) is 29.6. The first-order chi connectivity index (χ1) is 15.9. The van der Waals surface area contributed by atoms with Crippen molar-refractivity contribution in [3.63, 3.8) is 0 Å². The second-order valence-corrected chi connectivity index (χ2v) is 14.8. The number of sulfone groups is 1. The number of hydrogen-bond donors (Lipinski definition) is 0. The summed E-state index contributed by atoms with van der Waals surface area (Å²) in [4.78, 5) is 0.909. The molecule has 0 atom stereocenters. The largest absolute Gasteiger partial charge is 0.218 e. The zero-order valence-corrected chi connectivity index (χ0v) is 25.3. The van der Waals surface area contributed by atoms with Crippen LogP contribution in [0.15, 0.2) is 46.2 Å². The summed E-state index contributed by atoms with van der Waals surface area (Å²) < 4.78 is 28.9. The van der Waals surface area contributed by atoms with Crippen molar-refractivity contribution in [2.24, 2.45) is 0 Å². The zero-order valence-electron chi connectivity index (χ0n) is 24.5. The normalized spacial score (nSPS) is 13.8. The molecule has 2 rings (SSSR count). The summed E-state index contributed by atoms with van der Waals surface area (Å²) in [6, 6.07) is 12.1. The molecule has 3 heteroatoms. The van der Waals surface area contributed by atoms with E-state index < -0.39 is 9.84 Å². The average Bonchev–Trinajstić information content (AvgIpc) is 2.83. The van der Waals surface area contributed by atoms with Gasteiger partial charge in [-0.3, -0.25) is 0 Å². The van der Waals surface area contributed by atoms with Gasteiger partial charge in [-0.15, -0.1) is 0 Å². The SMILES string of the molecule is CCC(C)(C)c1ccc(S(=O)(=O)c2ccc(C(C)(C)CC)cc2C(C)(C)CC)c(C(C)(C)CC)c1. The minimum atomic E-state index is -3.72. The molecule has 0 saturated carbocycles. The number of hydrogen-bond acceptors (Lipinski definition) is 2. The molecule has 0 aromatic heterocycles. The van der Waals surface area contributed by atoms with Gasteiger partial charge in [0.1, 0.15) is 0 Å². The summed E-state index contributed by atoms with van der Waals surface area (Å²) >= 11 is 0. The molecule has 0 saturated heterocycles. The van der Waals surface area contributed by atoms with Gasteiger partial charge in [-0.05, 0) is 81.7 Å². The summed E-state index contributed by atoms with van der Waals surface area (Å²) in [6.07, 6.45) is 3.72. The molecule has 0 fully saturated rings. The van der Waals surface area contributed by atoms with Crippen LogP contribution in [0.4, 0.5) is 0 Å². The van der Waals surface area contributed by atoms with Crippen molar-refractivity contribution >= 4 is 9.84 Å². The minimum absolute atomic E-state index is 0.0103. The van der Waals surface area contributed by atoms with E-state index in [0.717, 1.165) is 36.8 Å². The average molecular weight is 499 g/mol. The summed E-state index contributed by atoms with van der Waals surface area (Å²) in [5.74, 6) is 0. The van der Waals surface area contributed by atoms with Crippen LogP contribution in [-0.4, -0.2) is 8.42 Å². The topological polar surface area (TPSA) is 34.1 Å². The van der Waals surface area contributed by atoms with Crippen molar-refractivity contribution < 1.29 is 8.42 Å². The van der Waals surface area contributed by atoms with Crippen LogP contribution in [0.1, 0.15) is 131 Å². The van der Waals surface area contributed by atoms with Crippen molar-refractivity contribution in [2.75, 3.05) is 0 Å². The predicted molar refractivity (Wildman–Crippen MR) is 152 cm³/mol. The molecule has 35 heavy (non-hydrogen) atoms. The van der Waals surface area contributed by atoms with E-state index in [1.54, 1.807) is 0 Å². The number of rotatable bonds is 10. The highest BCUT2D eigenvalue weighted by Crippen LogP contribution is 2.42. The highest BCUT2D eigenvalue weighted by molar-refractivity contribution is 7.91. The first-order valence-corrected chi connectivity index (χ1v) is 14.9. The maximum Gasteiger partial charge on any atom is 0.207 e. The summed E-state index contributed by atoms with van der Waals surface area (Å²) in [6.45, 7) is 26.2. The van der Waals surface area contributed by atoms with Gasteiger partial charge in [0.15, 0.2) is 0 Å². The van der Waals surface area contributed by atoms with E-state index in [2.05, 4.69) is 95.2 Å². The van der Waals surface area contributed by atoms with Crippen molar-refractivity contribution in [3.8, 4) is 0 Å². The highest BCUT2D eigenvalue weighted by atomic mass is 32.2. The lowest BCUT2D eigenvalue weighted by Gasteiger charge is -2.33. The lowest BCUT2D eigenvalue weighted by molar-refractivity contribution is 0.474. The predicted octanol–water partition coefficient (Wildman–Crippen LogP) is 9.27. The third-order valence-corrected chi connectivity index (χ3v) is 11.0. The Kier molecular flexibility index (Phi) is 8.49. The molecular formula is C32H50O2S. The first-order valence-electron chi connectivity index (χ1n) is 13.5. The summed E-state index contributed by atoms with van der Waals surface area (Å²) in [7, 11) is -3.72. The van der Waals surface area contributed by atoms with Gasteiger partial charge in [-0.2, -0.15) is 0 Å². The Morgan fingerprint density at radius 1 is 0.514 bits per heavy atom. The Labute approximate surface area is 216 Å². The Morgan fingerprint density at radius 3 is 1.06 bits per heavy atom. The van der Waals surface area contributed by atoms with E-state index in [1.807, 2.05) is 24.3 Å². The molecule has 0 unspecified atom stereocenters. The molecule has 0 aliphatic rings. The van der Waals surface area contributed by atoms with E-state index >= 15 is 0 Å². The maximum atomic E-state index is 14.5. The molecular weight excluding hydrogens is 448 g/mol. The van der Waals surface area contributed by atoms with E-state index in [4.69, 9.17) is 0 Å². The standard InChI is InChI=1S/C32H50O2S/c1-13-29(5,6)23-17-19-27(25(21-23)31(9,10)15-3)35(33,34)28-20-18-24(30(7,8)14-2)22-26(28)32(11,12)16-4/h17-22H,13-16H2,1-12H3. The Morgan fingerprint density at radius 2 is 0.800 bits per heavy atom. The Hall–Kier alpha value is -1.61. The quantitative estimate of drug-likeness (QED) is 0.327. The van der Waals surface area contributed by atoms with Crippen LogP contribution in [-0.2, 0) is 31.5 Å². The van der Waals surface area contributed by atoms with Crippen LogP contribution in [0.2, 0.25) is 0 Å². The van der Waals surface area contributed by atoms with Gasteiger partial charge < -0.3 is 0 Å². The van der Waals surface area contributed by atoms with Gasteiger partial charge in [0.2, 0.25) is 9.84 Å². The van der Waals surface area contributed by atoms with Gasteiger partial charge in [-0.1, -0.05) is 107 Å². The fourth-order valence-corrected chi connectivity index (χ4v) is 6.32. The van der Waals surface area contributed by atoms with E-state index in [9.17, 15) is 8.42 Å². The fourth-order valence-electron chi connectivity index (χ4n) is 4.34. The summed E-state index contributed by atoms with van der Waals surface area (Å²) in [5.41, 5.74) is 3.72. The van der Waals surface area contributed by atoms with Crippen LogP contribution in [0.3, 0.4) is 0 Å². The van der Waals surface area contributed by atoms with E-state index in [1.165, 1.54) is 11.1 Å². The lowest BCUT2D eigenvalue weighted by Crippen LogP contribution is -2.26. The number of benzene rings is 2. The second-order valence-electron chi connectivity index (χ2n) is 12.9. The molecule has 0 N–H and O–H groups in total.